The standard InChI is InChI=1S/C9H11BrClNO6S2/c1-5(4-19(2,14)15)12-9(13)6-3-7(8(10)18-6)20(11,16)17/h3,5H,4H2,1-2H3,(H,12,13). The number of halogens is 2. The fraction of sp³-hybridized carbons (Fsp3) is 0.444. The van der Waals surface area contributed by atoms with Crippen molar-refractivity contribution in [2.45, 2.75) is 17.9 Å². The minimum atomic E-state index is -4.05. The van der Waals surface area contributed by atoms with Gasteiger partial charge in [0.2, 0.25) is 0 Å². The Labute approximate surface area is 129 Å². The summed E-state index contributed by atoms with van der Waals surface area (Å²) in [5, 5.41) is 2.37. The molecule has 0 spiro atoms. The van der Waals surface area contributed by atoms with Gasteiger partial charge in [0.25, 0.3) is 15.0 Å². The molecule has 11 heteroatoms. The minimum absolute atomic E-state index is 0.201. The number of rotatable bonds is 5. The second kappa shape index (κ2) is 6.04. The number of sulfone groups is 1. The second-order valence-corrected chi connectivity index (χ2v) is 9.59. The number of amides is 1. The summed E-state index contributed by atoms with van der Waals surface area (Å²) in [5.74, 6) is -1.29. The van der Waals surface area contributed by atoms with E-state index in [1.807, 2.05) is 0 Å². The van der Waals surface area contributed by atoms with Crippen LogP contribution in [0.25, 0.3) is 0 Å². The van der Waals surface area contributed by atoms with Gasteiger partial charge < -0.3 is 9.73 Å². The van der Waals surface area contributed by atoms with E-state index in [9.17, 15) is 21.6 Å². The van der Waals surface area contributed by atoms with Crippen molar-refractivity contribution in [3.05, 3.63) is 16.5 Å². The largest absolute Gasteiger partial charge is 0.443 e. The molecule has 0 fully saturated rings. The highest BCUT2D eigenvalue weighted by Gasteiger charge is 2.24. The Morgan fingerprint density at radius 3 is 2.40 bits per heavy atom. The van der Waals surface area contributed by atoms with Gasteiger partial charge in [-0.25, -0.2) is 16.8 Å². The molecular weight excluding hydrogens is 398 g/mol. The molecule has 20 heavy (non-hydrogen) atoms. The van der Waals surface area contributed by atoms with Crippen molar-refractivity contribution in [2.24, 2.45) is 0 Å². The molecule has 1 aromatic rings. The molecule has 1 atom stereocenters. The molecule has 1 N–H and O–H groups in total. The Balaban J connectivity index is 2.90. The summed E-state index contributed by atoms with van der Waals surface area (Å²) >= 11 is 2.83. The molecule has 114 valence electrons. The number of hydrogen-bond acceptors (Lipinski definition) is 6. The van der Waals surface area contributed by atoms with Gasteiger partial charge in [0.05, 0.1) is 5.75 Å². The summed E-state index contributed by atoms with van der Waals surface area (Å²) in [6.07, 6.45) is 1.04. The Bertz CT molecular complexity index is 724. The normalized spacial score (nSPS) is 14.0. The number of carbonyl (C=O) groups is 1. The van der Waals surface area contributed by atoms with E-state index in [0.717, 1.165) is 12.3 Å². The first-order valence-electron chi connectivity index (χ1n) is 5.12. The lowest BCUT2D eigenvalue weighted by Crippen LogP contribution is -2.37. The van der Waals surface area contributed by atoms with Crippen molar-refractivity contribution in [2.75, 3.05) is 12.0 Å². The summed E-state index contributed by atoms with van der Waals surface area (Å²) in [6.45, 7) is 1.50. The van der Waals surface area contributed by atoms with E-state index in [1.165, 1.54) is 6.92 Å². The van der Waals surface area contributed by atoms with Crippen LogP contribution in [0.2, 0.25) is 0 Å². The molecule has 0 radical (unpaired) electrons. The van der Waals surface area contributed by atoms with Gasteiger partial charge in [0, 0.05) is 29.0 Å². The summed E-state index contributed by atoms with van der Waals surface area (Å²) in [4.78, 5) is 11.4. The average Bonchev–Trinajstić information content (AvgIpc) is 2.56. The van der Waals surface area contributed by atoms with Crippen molar-refractivity contribution in [1.82, 2.24) is 5.32 Å². The number of carbonyl (C=O) groups excluding carboxylic acids is 1. The van der Waals surface area contributed by atoms with Crippen molar-refractivity contribution in [3.8, 4) is 0 Å². The van der Waals surface area contributed by atoms with Crippen molar-refractivity contribution in [3.63, 3.8) is 0 Å². The maximum Gasteiger partial charge on any atom is 0.287 e. The third kappa shape index (κ3) is 5.08. The zero-order valence-electron chi connectivity index (χ0n) is 10.4. The molecule has 1 amide bonds. The second-order valence-electron chi connectivity index (χ2n) is 4.15. The highest BCUT2D eigenvalue weighted by atomic mass is 79.9. The van der Waals surface area contributed by atoms with Crippen LogP contribution in [0.15, 0.2) is 20.0 Å². The molecule has 1 unspecified atom stereocenters. The van der Waals surface area contributed by atoms with Crippen LogP contribution in [0.3, 0.4) is 0 Å². The Kier molecular flexibility index (Phi) is 5.28. The molecule has 0 aliphatic rings. The predicted molar refractivity (Wildman–Crippen MR) is 76.1 cm³/mol. The van der Waals surface area contributed by atoms with E-state index in [0.29, 0.717) is 0 Å². The van der Waals surface area contributed by atoms with Gasteiger partial charge in [-0.1, -0.05) is 0 Å². The SMILES string of the molecule is CC(CS(C)(=O)=O)NC(=O)c1cc(S(=O)(=O)Cl)c(Br)o1. The van der Waals surface area contributed by atoms with Crippen LogP contribution in [0.5, 0.6) is 0 Å². The van der Waals surface area contributed by atoms with Gasteiger partial charge in [-0.2, -0.15) is 0 Å². The zero-order valence-corrected chi connectivity index (χ0v) is 14.4. The lowest BCUT2D eigenvalue weighted by Gasteiger charge is -2.11. The third-order valence-corrected chi connectivity index (χ3v) is 5.36. The van der Waals surface area contributed by atoms with Gasteiger partial charge in [-0.05, 0) is 22.9 Å². The average molecular weight is 409 g/mol. The fourth-order valence-electron chi connectivity index (χ4n) is 1.42. The first-order valence-corrected chi connectivity index (χ1v) is 10.3. The van der Waals surface area contributed by atoms with Gasteiger partial charge in [-0.3, -0.25) is 4.79 Å². The van der Waals surface area contributed by atoms with Crippen molar-refractivity contribution >= 4 is 51.4 Å². The van der Waals surface area contributed by atoms with Crippen LogP contribution < -0.4 is 5.32 Å². The Morgan fingerprint density at radius 1 is 1.45 bits per heavy atom. The molecular formula is C9H11BrClNO6S2. The monoisotopic (exact) mass is 407 g/mol. The molecule has 0 aliphatic heterocycles. The summed E-state index contributed by atoms with van der Waals surface area (Å²) in [6, 6.07) is 0.298. The summed E-state index contributed by atoms with van der Waals surface area (Å²) in [7, 11) is -2.15. The predicted octanol–water partition coefficient (Wildman–Crippen LogP) is 1.13. The highest BCUT2D eigenvalue weighted by Crippen LogP contribution is 2.28. The van der Waals surface area contributed by atoms with E-state index in [4.69, 9.17) is 15.1 Å². The zero-order chi connectivity index (χ0) is 15.7. The maximum atomic E-state index is 11.8. The lowest BCUT2D eigenvalue weighted by molar-refractivity contribution is 0.0914. The molecule has 0 saturated carbocycles. The maximum absolute atomic E-state index is 11.8. The number of nitrogens with one attached hydrogen (secondary N) is 1. The van der Waals surface area contributed by atoms with E-state index in [1.54, 1.807) is 0 Å². The quantitative estimate of drug-likeness (QED) is 0.731. The van der Waals surface area contributed by atoms with Crippen LogP contribution in [-0.4, -0.2) is 40.8 Å². The van der Waals surface area contributed by atoms with Crippen LogP contribution in [0.4, 0.5) is 0 Å². The molecule has 0 aromatic carbocycles. The topological polar surface area (TPSA) is 111 Å². The van der Waals surface area contributed by atoms with E-state index < -0.39 is 30.8 Å². The molecule has 0 bridgehead atoms. The minimum Gasteiger partial charge on any atom is -0.443 e. The molecule has 7 nitrogen and oxygen atoms in total. The third-order valence-electron chi connectivity index (χ3n) is 2.07. The van der Waals surface area contributed by atoms with E-state index >= 15 is 0 Å². The van der Waals surface area contributed by atoms with Gasteiger partial charge in [0.15, 0.2) is 10.4 Å². The van der Waals surface area contributed by atoms with Crippen LogP contribution in [-0.2, 0) is 18.9 Å². The molecule has 0 aliphatic carbocycles. The summed E-state index contributed by atoms with van der Waals surface area (Å²) in [5.41, 5.74) is 0. The van der Waals surface area contributed by atoms with E-state index in [-0.39, 0.29) is 21.1 Å². The van der Waals surface area contributed by atoms with Crippen LogP contribution in [0.1, 0.15) is 17.5 Å². The Morgan fingerprint density at radius 2 is 2.00 bits per heavy atom. The number of furan rings is 1. The van der Waals surface area contributed by atoms with Gasteiger partial charge >= 0.3 is 0 Å². The van der Waals surface area contributed by atoms with Crippen molar-refractivity contribution in [1.29, 1.82) is 0 Å². The summed E-state index contributed by atoms with van der Waals surface area (Å²) < 4.78 is 49.2. The molecule has 1 heterocycles. The fourth-order valence-corrected chi connectivity index (χ4v) is 4.45. The number of hydrogen-bond donors (Lipinski definition) is 1. The molecule has 1 rings (SSSR count). The first kappa shape index (κ1) is 17.5. The highest BCUT2D eigenvalue weighted by molar-refractivity contribution is 9.10. The Hall–Kier alpha value is -0.580. The van der Waals surface area contributed by atoms with Gasteiger partial charge in [-0.15, -0.1) is 0 Å². The molecule has 1 aromatic heterocycles. The van der Waals surface area contributed by atoms with Crippen molar-refractivity contribution < 1.29 is 26.0 Å². The van der Waals surface area contributed by atoms with Gasteiger partial charge in [0.1, 0.15) is 14.7 Å². The molecule has 0 saturated heterocycles. The lowest BCUT2D eigenvalue weighted by atomic mass is 10.3. The van der Waals surface area contributed by atoms with Crippen LogP contribution in [0, 0.1) is 0 Å². The smallest absolute Gasteiger partial charge is 0.287 e. The van der Waals surface area contributed by atoms with E-state index in [2.05, 4.69) is 21.2 Å². The van der Waals surface area contributed by atoms with Crippen LogP contribution >= 0.6 is 26.6 Å². The first-order chi connectivity index (χ1) is 8.90.